The van der Waals surface area contributed by atoms with Crippen LogP contribution in [0.3, 0.4) is 0 Å². The van der Waals surface area contributed by atoms with Crippen molar-refractivity contribution in [3.05, 3.63) is 75.1 Å². The van der Waals surface area contributed by atoms with Crippen LogP contribution in [0.15, 0.2) is 49.1 Å². The lowest BCUT2D eigenvalue weighted by Crippen LogP contribution is -2.37. The summed E-state index contributed by atoms with van der Waals surface area (Å²) in [5.41, 5.74) is 5.90. The van der Waals surface area contributed by atoms with Gasteiger partial charge in [-0.25, -0.2) is 0 Å². The normalized spacial score (nSPS) is 18.6. The van der Waals surface area contributed by atoms with E-state index in [0.717, 1.165) is 14.9 Å². The maximum absolute atomic E-state index is 12.4. The molecule has 148 valence electrons. The third-order valence-corrected chi connectivity index (χ3v) is 7.18. The molecular formula is C23H22ClN3OS. The van der Waals surface area contributed by atoms with Gasteiger partial charge in [0.1, 0.15) is 0 Å². The fraction of sp³-hybridized carbons (Fsp3) is 0.304. The van der Waals surface area contributed by atoms with Crippen molar-refractivity contribution in [2.24, 2.45) is 7.05 Å². The van der Waals surface area contributed by atoms with Crippen molar-refractivity contribution in [1.82, 2.24) is 14.7 Å². The first kappa shape index (κ1) is 18.6. The van der Waals surface area contributed by atoms with Crippen LogP contribution in [0.25, 0.3) is 11.3 Å². The Morgan fingerprint density at radius 1 is 1.28 bits per heavy atom. The van der Waals surface area contributed by atoms with E-state index in [9.17, 15) is 4.79 Å². The Bertz CT molecular complexity index is 1110. The van der Waals surface area contributed by atoms with Gasteiger partial charge >= 0.3 is 0 Å². The number of halogens is 1. The molecule has 6 heteroatoms. The number of amides is 1. The van der Waals surface area contributed by atoms with Crippen LogP contribution in [0.2, 0.25) is 4.34 Å². The number of carbonyl (C=O) groups excluding carboxylic acids is 1. The molecule has 3 heterocycles. The standard InChI is InChI=1S/C23H22ClN3OS/c1-3-23(28)27-12-18(17-10-22(24)29-21(17)13-27)15-6-4-5-7-16(15)20-11-19(14-8-9-14)25-26(20)2/h3-7,10-11,14,18H,1,8-9,12-13H2,2H3/t18-/m1/s1. The number of rotatable bonds is 4. The summed E-state index contributed by atoms with van der Waals surface area (Å²) in [6, 6.07) is 12.8. The summed E-state index contributed by atoms with van der Waals surface area (Å²) in [5.74, 6) is 0.640. The van der Waals surface area contributed by atoms with Gasteiger partial charge in [-0.15, -0.1) is 11.3 Å². The maximum Gasteiger partial charge on any atom is 0.246 e. The summed E-state index contributed by atoms with van der Waals surface area (Å²) < 4.78 is 2.76. The van der Waals surface area contributed by atoms with Crippen molar-refractivity contribution < 1.29 is 4.79 Å². The fourth-order valence-corrected chi connectivity index (χ4v) is 5.66. The number of nitrogens with zero attached hydrogens (tertiary/aromatic N) is 3. The highest BCUT2D eigenvalue weighted by molar-refractivity contribution is 7.16. The topological polar surface area (TPSA) is 38.1 Å². The number of aryl methyl sites for hydroxylation is 1. The number of hydrogen-bond acceptors (Lipinski definition) is 3. The van der Waals surface area contributed by atoms with Gasteiger partial charge in [0.15, 0.2) is 0 Å². The Hall–Kier alpha value is -2.37. The van der Waals surface area contributed by atoms with E-state index in [1.165, 1.54) is 41.3 Å². The molecule has 5 rings (SSSR count). The zero-order chi connectivity index (χ0) is 20.1. The van der Waals surface area contributed by atoms with Crippen molar-refractivity contribution in [2.75, 3.05) is 6.54 Å². The van der Waals surface area contributed by atoms with Gasteiger partial charge in [0.2, 0.25) is 5.91 Å². The van der Waals surface area contributed by atoms with Crippen LogP contribution in [0.5, 0.6) is 0 Å². The Morgan fingerprint density at radius 3 is 2.83 bits per heavy atom. The highest BCUT2D eigenvalue weighted by Gasteiger charge is 2.33. The van der Waals surface area contributed by atoms with Crippen LogP contribution in [-0.4, -0.2) is 27.1 Å². The third-order valence-electron chi connectivity index (χ3n) is 5.92. The highest BCUT2D eigenvalue weighted by Crippen LogP contribution is 2.44. The molecule has 4 nitrogen and oxygen atoms in total. The summed E-state index contributed by atoms with van der Waals surface area (Å²) in [6.45, 7) is 4.88. The van der Waals surface area contributed by atoms with Crippen LogP contribution in [-0.2, 0) is 18.4 Å². The Kier molecular flexibility index (Phi) is 4.60. The summed E-state index contributed by atoms with van der Waals surface area (Å²) in [5, 5.41) is 4.76. The molecule has 1 amide bonds. The second kappa shape index (κ2) is 7.15. The smallest absolute Gasteiger partial charge is 0.246 e. The van der Waals surface area contributed by atoms with Gasteiger partial charge in [0, 0.05) is 35.9 Å². The molecule has 0 unspecified atom stereocenters. The molecule has 1 aliphatic carbocycles. The molecule has 1 atom stereocenters. The minimum absolute atomic E-state index is 0.0424. The molecular weight excluding hydrogens is 402 g/mol. The van der Waals surface area contributed by atoms with E-state index >= 15 is 0 Å². The fourth-order valence-electron chi connectivity index (χ4n) is 4.30. The van der Waals surface area contributed by atoms with Crippen molar-refractivity contribution in [3.63, 3.8) is 0 Å². The number of fused-ring (bicyclic) bond motifs is 1. The van der Waals surface area contributed by atoms with Gasteiger partial charge in [-0.1, -0.05) is 42.4 Å². The van der Waals surface area contributed by atoms with Crippen molar-refractivity contribution in [2.45, 2.75) is 31.2 Å². The van der Waals surface area contributed by atoms with Gasteiger partial charge in [-0.2, -0.15) is 5.10 Å². The van der Waals surface area contributed by atoms with Crippen LogP contribution < -0.4 is 0 Å². The number of benzene rings is 1. The first-order valence-electron chi connectivity index (χ1n) is 9.88. The highest BCUT2D eigenvalue weighted by atomic mass is 35.5. The second-order valence-electron chi connectivity index (χ2n) is 7.84. The van der Waals surface area contributed by atoms with E-state index in [0.29, 0.717) is 19.0 Å². The third kappa shape index (κ3) is 3.32. The Morgan fingerprint density at radius 2 is 2.07 bits per heavy atom. The molecule has 1 fully saturated rings. The molecule has 1 aliphatic heterocycles. The summed E-state index contributed by atoms with van der Waals surface area (Å²) in [7, 11) is 2.01. The lowest BCUT2D eigenvalue weighted by molar-refractivity contribution is -0.127. The van der Waals surface area contributed by atoms with E-state index < -0.39 is 0 Å². The molecule has 0 N–H and O–H groups in total. The molecule has 3 aromatic rings. The quantitative estimate of drug-likeness (QED) is 0.531. The van der Waals surface area contributed by atoms with E-state index in [1.807, 2.05) is 16.6 Å². The van der Waals surface area contributed by atoms with E-state index in [2.05, 4.69) is 43.0 Å². The molecule has 2 aliphatic rings. The average molecular weight is 424 g/mol. The number of aromatic nitrogens is 2. The zero-order valence-electron chi connectivity index (χ0n) is 16.3. The summed E-state index contributed by atoms with van der Waals surface area (Å²) in [4.78, 5) is 15.4. The molecule has 0 bridgehead atoms. The Balaban J connectivity index is 1.62. The van der Waals surface area contributed by atoms with E-state index in [4.69, 9.17) is 16.7 Å². The van der Waals surface area contributed by atoms with E-state index in [-0.39, 0.29) is 11.8 Å². The minimum atomic E-state index is -0.0424. The van der Waals surface area contributed by atoms with Gasteiger partial charge in [-0.3, -0.25) is 9.48 Å². The summed E-state index contributed by atoms with van der Waals surface area (Å²) in [6.07, 6.45) is 3.86. The number of carbonyl (C=O) groups is 1. The van der Waals surface area contributed by atoms with Crippen molar-refractivity contribution >= 4 is 28.8 Å². The van der Waals surface area contributed by atoms with Gasteiger partial charge in [0.25, 0.3) is 0 Å². The van der Waals surface area contributed by atoms with Gasteiger partial charge in [-0.05, 0) is 42.2 Å². The largest absolute Gasteiger partial charge is 0.333 e. The monoisotopic (exact) mass is 423 g/mol. The van der Waals surface area contributed by atoms with Gasteiger partial charge < -0.3 is 4.90 Å². The predicted octanol–water partition coefficient (Wildman–Crippen LogP) is 5.34. The van der Waals surface area contributed by atoms with Crippen molar-refractivity contribution in [3.8, 4) is 11.3 Å². The molecule has 29 heavy (non-hydrogen) atoms. The predicted molar refractivity (Wildman–Crippen MR) is 117 cm³/mol. The van der Waals surface area contributed by atoms with E-state index in [1.54, 1.807) is 11.3 Å². The Labute approximate surface area is 179 Å². The first-order chi connectivity index (χ1) is 14.0. The molecule has 0 saturated heterocycles. The number of hydrogen-bond donors (Lipinski definition) is 0. The molecule has 1 aromatic carbocycles. The lowest BCUT2D eigenvalue weighted by atomic mass is 9.85. The van der Waals surface area contributed by atoms with Crippen LogP contribution >= 0.6 is 22.9 Å². The zero-order valence-corrected chi connectivity index (χ0v) is 17.8. The molecule has 0 spiro atoms. The molecule has 0 radical (unpaired) electrons. The minimum Gasteiger partial charge on any atom is -0.333 e. The molecule has 2 aromatic heterocycles. The van der Waals surface area contributed by atoms with Crippen molar-refractivity contribution in [1.29, 1.82) is 0 Å². The van der Waals surface area contributed by atoms with Crippen LogP contribution in [0.4, 0.5) is 0 Å². The van der Waals surface area contributed by atoms with Crippen LogP contribution in [0, 0.1) is 0 Å². The SMILES string of the molecule is C=CC(=O)N1Cc2sc(Cl)cc2[C@@H](c2ccccc2-c2cc(C3CC3)nn2C)C1. The first-order valence-corrected chi connectivity index (χ1v) is 11.1. The lowest BCUT2D eigenvalue weighted by Gasteiger charge is -2.33. The average Bonchev–Trinajstić information content (AvgIpc) is 3.40. The summed E-state index contributed by atoms with van der Waals surface area (Å²) >= 11 is 7.93. The maximum atomic E-state index is 12.4. The van der Waals surface area contributed by atoms with Crippen LogP contribution in [0.1, 0.15) is 46.4 Å². The second-order valence-corrected chi connectivity index (χ2v) is 9.61. The molecule has 1 saturated carbocycles. The number of thiophene rings is 1. The van der Waals surface area contributed by atoms with Gasteiger partial charge in [0.05, 0.1) is 22.3 Å².